The van der Waals surface area contributed by atoms with Crippen LogP contribution in [0.3, 0.4) is 0 Å². The first kappa shape index (κ1) is 18.6. The van der Waals surface area contributed by atoms with Crippen molar-refractivity contribution in [2.45, 2.75) is 77.2 Å². The monoisotopic (exact) mass is 369 g/mol. The van der Waals surface area contributed by atoms with Crippen LogP contribution in [-0.4, -0.2) is 22.5 Å². The number of esters is 1. The molecule has 0 aromatic rings. The Kier molecular flexibility index (Phi) is 4.61. The fraction of sp³-hybridized carbons (Fsp3) is 0.739. The maximum absolute atomic E-state index is 11.9. The van der Waals surface area contributed by atoms with Gasteiger partial charge in [-0.05, 0) is 87.5 Å². The molecule has 0 aromatic heterocycles. The Hall–Kier alpha value is -1.76. The molecule has 27 heavy (non-hydrogen) atoms. The Bertz CT molecular complexity index is 732. The van der Waals surface area contributed by atoms with Gasteiger partial charge in [-0.3, -0.25) is 4.79 Å². The Balaban J connectivity index is 1.66. The Morgan fingerprint density at radius 1 is 1.30 bits per heavy atom. The summed E-state index contributed by atoms with van der Waals surface area (Å²) in [6.07, 6.45) is 17.5. The fourth-order valence-corrected chi connectivity index (χ4v) is 7.45. The summed E-state index contributed by atoms with van der Waals surface area (Å²) in [5, 5.41) is 12.6. The summed E-state index contributed by atoms with van der Waals surface area (Å²) in [5.74, 6) is 5.25. The zero-order valence-corrected chi connectivity index (χ0v) is 16.5. The Morgan fingerprint density at radius 2 is 2.11 bits per heavy atom. The number of rotatable bonds is 2. The summed E-state index contributed by atoms with van der Waals surface area (Å²) in [5.41, 5.74) is 1.53. The average Bonchev–Trinajstić information content (AvgIpc) is 3.01. The molecule has 146 valence electrons. The van der Waals surface area contributed by atoms with Crippen molar-refractivity contribution < 1.29 is 14.7 Å². The summed E-state index contributed by atoms with van der Waals surface area (Å²) < 4.78 is 5.90. The number of nitrogens with zero attached hydrogens (tertiary/aromatic N) is 1. The van der Waals surface area contributed by atoms with E-state index in [0.29, 0.717) is 23.7 Å². The van der Waals surface area contributed by atoms with Gasteiger partial charge in [0.15, 0.2) is 5.60 Å². The normalized spacial score (nSPS) is 44.5. The highest BCUT2D eigenvalue weighted by Gasteiger charge is 2.65. The SMILES string of the molecule is C#C[C@@]1(OC(C)=O)CC[C@@H]2[C@H]3CCC4=C/C(=N/O)CC[C@H]4[C@@H]3CC[C@]21CC. The molecule has 0 aromatic carbocycles. The molecule has 3 saturated carbocycles. The lowest BCUT2D eigenvalue weighted by Gasteiger charge is -2.56. The molecular formula is C23H31NO3. The van der Waals surface area contributed by atoms with Gasteiger partial charge in [0, 0.05) is 12.3 Å². The lowest BCUT2D eigenvalue weighted by Crippen LogP contribution is -2.55. The smallest absolute Gasteiger partial charge is 0.304 e. The maximum Gasteiger partial charge on any atom is 0.304 e. The van der Waals surface area contributed by atoms with Crippen LogP contribution in [0.5, 0.6) is 0 Å². The fourth-order valence-electron chi connectivity index (χ4n) is 7.45. The molecule has 0 amide bonds. The predicted octanol–water partition coefficient (Wildman–Crippen LogP) is 4.71. The average molecular weight is 370 g/mol. The molecule has 4 rings (SSSR count). The van der Waals surface area contributed by atoms with E-state index in [0.717, 1.165) is 57.1 Å². The van der Waals surface area contributed by atoms with Crippen LogP contribution < -0.4 is 0 Å². The van der Waals surface area contributed by atoms with E-state index in [1.807, 2.05) is 0 Å². The van der Waals surface area contributed by atoms with Gasteiger partial charge in [0.1, 0.15) is 0 Å². The maximum atomic E-state index is 11.9. The second kappa shape index (κ2) is 6.69. The summed E-state index contributed by atoms with van der Waals surface area (Å²) in [6.45, 7) is 3.72. The highest BCUT2D eigenvalue weighted by molar-refractivity contribution is 5.96. The van der Waals surface area contributed by atoms with E-state index in [1.54, 1.807) is 0 Å². The number of carbonyl (C=O) groups is 1. The van der Waals surface area contributed by atoms with Gasteiger partial charge in [-0.15, -0.1) is 6.42 Å². The van der Waals surface area contributed by atoms with Crippen molar-refractivity contribution in [1.82, 2.24) is 0 Å². The van der Waals surface area contributed by atoms with Gasteiger partial charge in [-0.2, -0.15) is 0 Å². The Morgan fingerprint density at radius 3 is 2.78 bits per heavy atom. The minimum atomic E-state index is -0.720. The lowest BCUT2D eigenvalue weighted by molar-refractivity contribution is -0.170. The zero-order valence-electron chi connectivity index (χ0n) is 16.5. The van der Waals surface area contributed by atoms with Crippen LogP contribution in [0.25, 0.3) is 0 Å². The third kappa shape index (κ3) is 2.57. The number of hydrogen-bond donors (Lipinski definition) is 1. The van der Waals surface area contributed by atoms with E-state index < -0.39 is 5.60 Å². The van der Waals surface area contributed by atoms with Crippen LogP contribution in [0.1, 0.15) is 71.6 Å². The molecule has 1 N–H and O–H groups in total. The Labute approximate surface area is 162 Å². The number of fused-ring (bicyclic) bond motifs is 5. The van der Waals surface area contributed by atoms with E-state index in [2.05, 4.69) is 24.1 Å². The molecule has 0 heterocycles. The van der Waals surface area contributed by atoms with Gasteiger partial charge in [-0.25, -0.2) is 0 Å². The molecule has 0 unspecified atom stereocenters. The second-order valence-corrected chi connectivity index (χ2v) is 9.08. The summed E-state index contributed by atoms with van der Waals surface area (Å²) >= 11 is 0. The first-order valence-electron chi connectivity index (χ1n) is 10.6. The number of terminal acetylenes is 1. The molecule has 4 nitrogen and oxygen atoms in total. The molecule has 4 aliphatic rings. The quantitative estimate of drug-likeness (QED) is 0.332. The van der Waals surface area contributed by atoms with Gasteiger partial charge < -0.3 is 9.94 Å². The first-order chi connectivity index (χ1) is 13.0. The van der Waals surface area contributed by atoms with Crippen molar-refractivity contribution in [3.05, 3.63) is 11.6 Å². The molecule has 6 atom stereocenters. The number of allylic oxidation sites excluding steroid dienone is 2. The summed E-state index contributed by atoms with van der Waals surface area (Å²) in [6, 6.07) is 0. The van der Waals surface area contributed by atoms with Crippen molar-refractivity contribution in [2.24, 2.45) is 34.2 Å². The van der Waals surface area contributed by atoms with E-state index in [4.69, 9.17) is 16.4 Å². The summed E-state index contributed by atoms with van der Waals surface area (Å²) in [7, 11) is 0. The van der Waals surface area contributed by atoms with Gasteiger partial charge in [-0.1, -0.05) is 23.6 Å². The van der Waals surface area contributed by atoms with Crippen LogP contribution in [0, 0.1) is 41.4 Å². The molecule has 0 saturated heterocycles. The number of hydrogen-bond acceptors (Lipinski definition) is 4. The highest BCUT2D eigenvalue weighted by atomic mass is 16.6. The zero-order chi connectivity index (χ0) is 19.2. The van der Waals surface area contributed by atoms with Crippen molar-refractivity contribution in [2.75, 3.05) is 0 Å². The van der Waals surface area contributed by atoms with E-state index in [1.165, 1.54) is 18.9 Å². The van der Waals surface area contributed by atoms with Crippen LogP contribution >= 0.6 is 0 Å². The number of carbonyl (C=O) groups excluding carboxylic acids is 1. The van der Waals surface area contributed by atoms with Crippen LogP contribution in [0.4, 0.5) is 0 Å². The standard InChI is InChI=1S/C23H31NO3/c1-4-22-12-10-19-18-9-7-17(24-26)14-16(18)6-8-20(19)21(22)11-13-23(22,5-2)27-15(3)25/h2,14,18-21,26H,4,6-13H2,1,3H3/b24-17+/t18-,19+,20+,21-,22-,23-/m1/s1. The van der Waals surface area contributed by atoms with Crippen molar-refractivity contribution in [3.63, 3.8) is 0 Å². The third-order valence-corrected chi connectivity index (χ3v) is 8.45. The van der Waals surface area contributed by atoms with Gasteiger partial charge in [0.05, 0.1) is 5.71 Å². The van der Waals surface area contributed by atoms with Crippen molar-refractivity contribution in [3.8, 4) is 12.3 Å². The van der Waals surface area contributed by atoms with Crippen LogP contribution in [0.2, 0.25) is 0 Å². The molecule has 4 heteroatoms. The van der Waals surface area contributed by atoms with Gasteiger partial charge in [0.25, 0.3) is 0 Å². The molecule has 4 aliphatic carbocycles. The molecule has 3 fully saturated rings. The third-order valence-electron chi connectivity index (χ3n) is 8.45. The van der Waals surface area contributed by atoms with Gasteiger partial charge in [0.2, 0.25) is 0 Å². The van der Waals surface area contributed by atoms with Crippen LogP contribution in [0.15, 0.2) is 16.8 Å². The van der Waals surface area contributed by atoms with Crippen LogP contribution in [-0.2, 0) is 9.53 Å². The largest absolute Gasteiger partial charge is 0.445 e. The second-order valence-electron chi connectivity index (χ2n) is 9.08. The molecule has 0 aliphatic heterocycles. The van der Waals surface area contributed by atoms with E-state index in [9.17, 15) is 4.79 Å². The number of oxime groups is 1. The molecule has 0 bridgehead atoms. The van der Waals surface area contributed by atoms with E-state index in [-0.39, 0.29) is 11.4 Å². The first-order valence-corrected chi connectivity index (χ1v) is 10.6. The minimum absolute atomic E-state index is 0.0673. The minimum Gasteiger partial charge on any atom is -0.445 e. The molecule has 0 radical (unpaired) electrons. The van der Waals surface area contributed by atoms with Crippen molar-refractivity contribution in [1.29, 1.82) is 0 Å². The van der Waals surface area contributed by atoms with Gasteiger partial charge >= 0.3 is 5.97 Å². The van der Waals surface area contributed by atoms with Crippen molar-refractivity contribution >= 4 is 11.7 Å². The molecular weight excluding hydrogens is 338 g/mol. The topological polar surface area (TPSA) is 58.9 Å². The summed E-state index contributed by atoms with van der Waals surface area (Å²) in [4.78, 5) is 11.9. The van der Waals surface area contributed by atoms with E-state index >= 15 is 0 Å². The highest BCUT2D eigenvalue weighted by Crippen LogP contribution is 2.67. The predicted molar refractivity (Wildman–Crippen MR) is 104 cm³/mol. The number of ether oxygens (including phenoxy) is 1. The lowest BCUT2D eigenvalue weighted by atomic mass is 9.49. The molecule has 0 spiro atoms.